The van der Waals surface area contributed by atoms with E-state index in [1.807, 2.05) is 4.90 Å². The lowest BCUT2D eigenvalue weighted by atomic mass is 10.2. The van der Waals surface area contributed by atoms with E-state index in [4.69, 9.17) is 11.6 Å². The van der Waals surface area contributed by atoms with Crippen molar-refractivity contribution in [3.8, 4) is 0 Å². The summed E-state index contributed by atoms with van der Waals surface area (Å²) < 4.78 is 37.4. The van der Waals surface area contributed by atoms with Crippen molar-refractivity contribution in [2.24, 2.45) is 0 Å². The van der Waals surface area contributed by atoms with E-state index in [0.29, 0.717) is 0 Å². The Balaban J connectivity index is 2.29. The molecule has 0 saturated carbocycles. The topological polar surface area (TPSA) is 3.24 Å². The van der Waals surface area contributed by atoms with Gasteiger partial charge in [0.2, 0.25) is 0 Å². The van der Waals surface area contributed by atoms with Crippen molar-refractivity contribution in [2.75, 3.05) is 18.0 Å². The maximum atomic E-state index is 12.5. The van der Waals surface area contributed by atoms with E-state index in [1.54, 1.807) is 0 Å². The number of anilines is 1. The first-order valence-electron chi connectivity index (χ1n) is 5.10. The predicted octanol–water partition coefficient (Wildman–Crippen LogP) is 3.96. The quantitative estimate of drug-likeness (QED) is 0.728. The first-order valence-corrected chi connectivity index (χ1v) is 5.48. The van der Waals surface area contributed by atoms with Crippen LogP contribution in [0.25, 0.3) is 0 Å². The number of halogens is 4. The van der Waals surface area contributed by atoms with Gasteiger partial charge in [0, 0.05) is 18.8 Å². The van der Waals surface area contributed by atoms with Crippen LogP contribution >= 0.6 is 11.6 Å². The molecule has 0 radical (unpaired) electrons. The molecule has 1 fully saturated rings. The zero-order valence-electron chi connectivity index (χ0n) is 8.52. The van der Waals surface area contributed by atoms with Gasteiger partial charge in [-0.3, -0.25) is 0 Å². The molecule has 5 heteroatoms. The third-order valence-electron chi connectivity index (χ3n) is 2.73. The second kappa shape index (κ2) is 4.17. The van der Waals surface area contributed by atoms with Crippen molar-refractivity contribution >= 4 is 17.3 Å². The molecule has 1 aromatic rings. The zero-order valence-corrected chi connectivity index (χ0v) is 9.28. The third-order valence-corrected chi connectivity index (χ3v) is 3.04. The Labute approximate surface area is 96.8 Å². The van der Waals surface area contributed by atoms with Gasteiger partial charge in [-0.1, -0.05) is 11.6 Å². The van der Waals surface area contributed by atoms with Crippen LogP contribution in [-0.4, -0.2) is 13.1 Å². The van der Waals surface area contributed by atoms with Gasteiger partial charge in [0.1, 0.15) is 0 Å². The summed E-state index contributed by atoms with van der Waals surface area (Å²) in [5.74, 6) is 0. The number of benzene rings is 1. The summed E-state index contributed by atoms with van der Waals surface area (Å²) in [6.45, 7) is 1.78. The molecule has 0 N–H and O–H groups in total. The monoisotopic (exact) mass is 249 g/mol. The van der Waals surface area contributed by atoms with Gasteiger partial charge < -0.3 is 4.90 Å². The average Bonchev–Trinajstić information content (AvgIpc) is 2.68. The molecule has 1 saturated heterocycles. The van der Waals surface area contributed by atoms with E-state index in [0.717, 1.165) is 37.7 Å². The second-order valence-corrected chi connectivity index (χ2v) is 4.26. The molecular weight excluding hydrogens is 239 g/mol. The third kappa shape index (κ3) is 2.26. The lowest BCUT2D eigenvalue weighted by molar-refractivity contribution is -0.137. The molecule has 88 valence electrons. The molecule has 1 aliphatic heterocycles. The van der Waals surface area contributed by atoms with Crippen LogP contribution in [0.3, 0.4) is 0 Å². The summed E-state index contributed by atoms with van der Waals surface area (Å²) in [7, 11) is 0. The van der Waals surface area contributed by atoms with E-state index < -0.39 is 11.7 Å². The Hall–Kier alpha value is -0.900. The maximum absolute atomic E-state index is 12.5. The van der Waals surface area contributed by atoms with Gasteiger partial charge in [-0.2, -0.15) is 13.2 Å². The number of rotatable bonds is 1. The van der Waals surface area contributed by atoms with Crippen molar-refractivity contribution in [2.45, 2.75) is 19.0 Å². The molecule has 1 heterocycles. The normalized spacial score (nSPS) is 16.9. The fraction of sp³-hybridized carbons (Fsp3) is 0.455. The Morgan fingerprint density at radius 2 is 1.75 bits per heavy atom. The van der Waals surface area contributed by atoms with Gasteiger partial charge in [-0.25, -0.2) is 0 Å². The fourth-order valence-electron chi connectivity index (χ4n) is 1.91. The Morgan fingerprint density at radius 3 is 2.25 bits per heavy atom. The van der Waals surface area contributed by atoms with E-state index in [9.17, 15) is 13.2 Å². The number of alkyl halides is 3. The van der Waals surface area contributed by atoms with Crippen molar-refractivity contribution in [3.05, 3.63) is 28.8 Å². The van der Waals surface area contributed by atoms with E-state index >= 15 is 0 Å². The van der Waals surface area contributed by atoms with E-state index in [1.165, 1.54) is 12.1 Å². The molecule has 0 atom stereocenters. The van der Waals surface area contributed by atoms with Gasteiger partial charge in [0.15, 0.2) is 0 Å². The summed E-state index contributed by atoms with van der Waals surface area (Å²) >= 11 is 5.65. The highest BCUT2D eigenvalue weighted by molar-refractivity contribution is 6.31. The molecule has 2 rings (SSSR count). The van der Waals surface area contributed by atoms with Gasteiger partial charge in [0.05, 0.1) is 10.6 Å². The van der Waals surface area contributed by atoms with Gasteiger partial charge in [-0.05, 0) is 31.0 Å². The van der Waals surface area contributed by atoms with Gasteiger partial charge in [0.25, 0.3) is 0 Å². The van der Waals surface area contributed by atoms with Crippen LogP contribution in [0.2, 0.25) is 5.02 Å². The van der Waals surface area contributed by atoms with Crippen molar-refractivity contribution in [1.29, 1.82) is 0 Å². The summed E-state index contributed by atoms with van der Waals surface area (Å²) in [5, 5.41) is -0.225. The highest BCUT2D eigenvalue weighted by Gasteiger charge is 2.33. The average molecular weight is 250 g/mol. The molecule has 1 aliphatic rings. The molecule has 16 heavy (non-hydrogen) atoms. The Morgan fingerprint density at radius 1 is 1.12 bits per heavy atom. The zero-order chi connectivity index (χ0) is 11.8. The molecule has 0 amide bonds. The first kappa shape index (κ1) is 11.6. The Kier molecular flexibility index (Phi) is 3.02. The summed E-state index contributed by atoms with van der Waals surface area (Å²) in [6.07, 6.45) is -2.21. The van der Waals surface area contributed by atoms with Gasteiger partial charge in [-0.15, -0.1) is 0 Å². The van der Waals surface area contributed by atoms with Crippen LogP contribution in [0.15, 0.2) is 18.2 Å². The molecule has 0 aliphatic carbocycles. The van der Waals surface area contributed by atoms with Crippen LogP contribution in [-0.2, 0) is 6.18 Å². The molecular formula is C11H11ClF3N. The minimum absolute atomic E-state index is 0.225. The minimum Gasteiger partial charge on any atom is -0.371 e. The number of hydrogen-bond acceptors (Lipinski definition) is 1. The molecule has 1 aromatic carbocycles. The summed E-state index contributed by atoms with van der Waals surface area (Å²) in [5.41, 5.74) is 0.00705. The van der Waals surface area contributed by atoms with Gasteiger partial charge >= 0.3 is 6.18 Å². The smallest absolute Gasteiger partial charge is 0.371 e. The van der Waals surface area contributed by atoms with Crippen molar-refractivity contribution < 1.29 is 13.2 Å². The largest absolute Gasteiger partial charge is 0.417 e. The maximum Gasteiger partial charge on any atom is 0.417 e. The van der Waals surface area contributed by atoms with Crippen LogP contribution in [0.1, 0.15) is 18.4 Å². The van der Waals surface area contributed by atoms with E-state index in [-0.39, 0.29) is 5.02 Å². The SMILES string of the molecule is FC(F)(F)c1ccc(N2CCCC2)cc1Cl. The molecule has 0 bridgehead atoms. The second-order valence-electron chi connectivity index (χ2n) is 3.86. The van der Waals surface area contributed by atoms with Crippen molar-refractivity contribution in [1.82, 2.24) is 0 Å². The molecule has 1 nitrogen and oxygen atoms in total. The Bertz CT molecular complexity index is 383. The fourth-order valence-corrected chi connectivity index (χ4v) is 2.19. The van der Waals surface area contributed by atoms with Crippen molar-refractivity contribution in [3.63, 3.8) is 0 Å². The van der Waals surface area contributed by atoms with Crippen LogP contribution < -0.4 is 4.90 Å². The van der Waals surface area contributed by atoms with Crippen LogP contribution in [0.4, 0.5) is 18.9 Å². The highest BCUT2D eigenvalue weighted by Crippen LogP contribution is 2.36. The predicted molar refractivity (Wildman–Crippen MR) is 57.9 cm³/mol. The minimum atomic E-state index is -4.37. The standard InChI is InChI=1S/C11H11ClF3N/c12-10-7-8(16-5-1-2-6-16)3-4-9(10)11(13,14)15/h3-4,7H,1-2,5-6H2. The molecule has 0 aromatic heterocycles. The lowest BCUT2D eigenvalue weighted by Gasteiger charge is -2.19. The number of nitrogens with zero attached hydrogens (tertiary/aromatic N) is 1. The van der Waals surface area contributed by atoms with Crippen LogP contribution in [0.5, 0.6) is 0 Å². The summed E-state index contributed by atoms with van der Waals surface area (Å²) in [6, 6.07) is 3.94. The first-order chi connectivity index (χ1) is 7.48. The molecule has 0 spiro atoms. The lowest BCUT2D eigenvalue weighted by Crippen LogP contribution is -2.18. The molecule has 0 unspecified atom stereocenters. The van der Waals surface area contributed by atoms with Crippen LogP contribution in [0, 0.1) is 0 Å². The van der Waals surface area contributed by atoms with E-state index in [2.05, 4.69) is 0 Å². The number of hydrogen-bond donors (Lipinski definition) is 0. The highest BCUT2D eigenvalue weighted by atomic mass is 35.5. The summed E-state index contributed by atoms with van der Waals surface area (Å²) in [4.78, 5) is 2.05.